The van der Waals surface area contributed by atoms with Gasteiger partial charge in [-0.3, -0.25) is 4.79 Å². The van der Waals surface area contributed by atoms with Crippen molar-refractivity contribution in [3.05, 3.63) is 29.3 Å². The number of hydrogen-bond donors (Lipinski definition) is 1. The average Bonchev–Trinajstić information content (AvgIpc) is 2.82. The summed E-state index contributed by atoms with van der Waals surface area (Å²) in [6.45, 7) is 4.32. The Hall–Kier alpha value is -1.51. The maximum atomic E-state index is 11.6. The van der Waals surface area contributed by atoms with Gasteiger partial charge in [0.1, 0.15) is 0 Å². The van der Waals surface area contributed by atoms with Crippen LogP contribution in [-0.2, 0) is 0 Å². The number of anilines is 1. The summed E-state index contributed by atoms with van der Waals surface area (Å²) < 4.78 is 0. The van der Waals surface area contributed by atoms with E-state index in [0.717, 1.165) is 18.7 Å². The molecule has 2 rings (SSSR count). The minimum atomic E-state index is -0.0135. The molecule has 3 heteroatoms. The Bertz CT molecular complexity index is 395. The molecule has 1 aromatic carbocycles. The fraction of sp³-hybridized carbons (Fsp3) is 0.462. The first-order valence-electron chi connectivity index (χ1n) is 5.80. The number of amides is 1. The number of benzene rings is 1. The Morgan fingerprint density at radius 3 is 2.62 bits per heavy atom. The highest BCUT2D eigenvalue weighted by Crippen LogP contribution is 2.25. The van der Waals surface area contributed by atoms with Crippen LogP contribution in [0, 0.1) is 6.92 Å². The van der Waals surface area contributed by atoms with Crippen molar-refractivity contribution in [1.82, 2.24) is 5.32 Å². The van der Waals surface area contributed by atoms with Gasteiger partial charge in [0.15, 0.2) is 0 Å². The van der Waals surface area contributed by atoms with Crippen LogP contribution >= 0.6 is 0 Å². The molecule has 1 heterocycles. The highest BCUT2D eigenvalue weighted by Gasteiger charge is 2.15. The summed E-state index contributed by atoms with van der Waals surface area (Å²) in [6.07, 6.45) is 2.51. The van der Waals surface area contributed by atoms with Crippen molar-refractivity contribution >= 4 is 11.6 Å². The minimum absolute atomic E-state index is 0.0135. The zero-order chi connectivity index (χ0) is 11.5. The van der Waals surface area contributed by atoms with E-state index in [1.165, 1.54) is 24.1 Å². The van der Waals surface area contributed by atoms with Crippen LogP contribution in [-0.4, -0.2) is 26.0 Å². The molecular formula is C13H18N2O. The van der Waals surface area contributed by atoms with E-state index in [-0.39, 0.29) is 5.91 Å². The van der Waals surface area contributed by atoms with Crippen molar-refractivity contribution < 1.29 is 4.79 Å². The van der Waals surface area contributed by atoms with Crippen LogP contribution in [0.3, 0.4) is 0 Å². The topological polar surface area (TPSA) is 32.3 Å². The Morgan fingerprint density at radius 1 is 1.31 bits per heavy atom. The molecule has 1 aromatic rings. The van der Waals surface area contributed by atoms with Crippen molar-refractivity contribution in [3.63, 3.8) is 0 Å². The lowest BCUT2D eigenvalue weighted by molar-refractivity contribution is 0.0963. The molecule has 0 saturated carbocycles. The third kappa shape index (κ3) is 2.03. The van der Waals surface area contributed by atoms with E-state index in [0.29, 0.717) is 0 Å². The van der Waals surface area contributed by atoms with Crippen LogP contribution in [0.4, 0.5) is 5.69 Å². The number of carbonyl (C=O) groups excluding carboxylic acids is 1. The number of nitrogens with zero attached hydrogens (tertiary/aromatic N) is 1. The lowest BCUT2D eigenvalue weighted by Gasteiger charge is -2.20. The molecule has 3 nitrogen and oxygen atoms in total. The molecule has 1 amide bonds. The first kappa shape index (κ1) is 11.0. The zero-order valence-corrected chi connectivity index (χ0v) is 9.92. The Morgan fingerprint density at radius 2 is 2.00 bits per heavy atom. The van der Waals surface area contributed by atoms with Crippen LogP contribution in [0.25, 0.3) is 0 Å². The van der Waals surface area contributed by atoms with Gasteiger partial charge in [-0.15, -0.1) is 0 Å². The summed E-state index contributed by atoms with van der Waals surface area (Å²) in [5.74, 6) is -0.0135. The predicted molar refractivity (Wildman–Crippen MR) is 66.0 cm³/mol. The maximum absolute atomic E-state index is 11.6. The molecule has 0 bridgehead atoms. The van der Waals surface area contributed by atoms with Gasteiger partial charge in [0.25, 0.3) is 5.91 Å². The predicted octanol–water partition coefficient (Wildman–Crippen LogP) is 1.95. The van der Waals surface area contributed by atoms with Gasteiger partial charge in [-0.1, -0.05) is 6.07 Å². The standard InChI is InChI=1S/C13H18N2O/c1-10-5-6-11(13(16)14-2)9-12(10)15-7-3-4-8-15/h5-6,9H,3-4,7-8H2,1-2H3,(H,14,16). The number of aryl methyl sites for hydroxylation is 1. The summed E-state index contributed by atoms with van der Waals surface area (Å²) in [5, 5.41) is 2.66. The van der Waals surface area contributed by atoms with E-state index in [4.69, 9.17) is 0 Å². The third-order valence-corrected chi connectivity index (χ3v) is 3.15. The molecule has 0 radical (unpaired) electrons. The summed E-state index contributed by atoms with van der Waals surface area (Å²) in [6, 6.07) is 5.91. The lowest BCUT2D eigenvalue weighted by Crippen LogP contribution is -2.21. The van der Waals surface area contributed by atoms with Gasteiger partial charge in [0.2, 0.25) is 0 Å². The van der Waals surface area contributed by atoms with E-state index in [1.54, 1.807) is 7.05 Å². The van der Waals surface area contributed by atoms with Crippen molar-refractivity contribution in [2.75, 3.05) is 25.0 Å². The first-order valence-corrected chi connectivity index (χ1v) is 5.80. The Kier molecular flexibility index (Phi) is 3.13. The third-order valence-electron chi connectivity index (χ3n) is 3.15. The molecule has 1 aliphatic heterocycles. The average molecular weight is 218 g/mol. The highest BCUT2D eigenvalue weighted by molar-refractivity contribution is 5.95. The van der Waals surface area contributed by atoms with Crippen LogP contribution < -0.4 is 10.2 Å². The molecule has 1 saturated heterocycles. The molecule has 0 aromatic heterocycles. The lowest BCUT2D eigenvalue weighted by atomic mass is 10.1. The molecule has 0 unspecified atom stereocenters. The molecular weight excluding hydrogens is 200 g/mol. The van der Waals surface area contributed by atoms with E-state index < -0.39 is 0 Å². The monoisotopic (exact) mass is 218 g/mol. The molecule has 1 fully saturated rings. The molecule has 0 atom stereocenters. The second kappa shape index (κ2) is 4.56. The van der Waals surface area contributed by atoms with Crippen LogP contribution in [0.2, 0.25) is 0 Å². The summed E-state index contributed by atoms with van der Waals surface area (Å²) >= 11 is 0. The molecule has 0 spiro atoms. The van der Waals surface area contributed by atoms with Crippen molar-refractivity contribution in [1.29, 1.82) is 0 Å². The molecule has 1 aliphatic rings. The Balaban J connectivity index is 2.32. The van der Waals surface area contributed by atoms with Crippen molar-refractivity contribution in [3.8, 4) is 0 Å². The Labute approximate surface area is 96.5 Å². The fourth-order valence-corrected chi connectivity index (χ4v) is 2.19. The van der Waals surface area contributed by atoms with Crippen molar-refractivity contribution in [2.45, 2.75) is 19.8 Å². The van der Waals surface area contributed by atoms with Gasteiger partial charge in [0, 0.05) is 31.4 Å². The van der Waals surface area contributed by atoms with Crippen LogP contribution in [0.15, 0.2) is 18.2 Å². The highest BCUT2D eigenvalue weighted by atomic mass is 16.1. The molecule has 16 heavy (non-hydrogen) atoms. The van der Waals surface area contributed by atoms with E-state index in [2.05, 4.69) is 17.1 Å². The fourth-order valence-electron chi connectivity index (χ4n) is 2.19. The van der Waals surface area contributed by atoms with Crippen LogP contribution in [0.1, 0.15) is 28.8 Å². The summed E-state index contributed by atoms with van der Waals surface area (Å²) in [5.41, 5.74) is 3.20. The normalized spacial score (nSPS) is 15.2. The molecule has 1 N–H and O–H groups in total. The van der Waals surface area contributed by atoms with Gasteiger partial charge < -0.3 is 10.2 Å². The van der Waals surface area contributed by atoms with E-state index >= 15 is 0 Å². The SMILES string of the molecule is CNC(=O)c1ccc(C)c(N2CCCC2)c1. The second-order valence-electron chi connectivity index (χ2n) is 4.27. The minimum Gasteiger partial charge on any atom is -0.371 e. The van der Waals surface area contributed by atoms with Crippen LogP contribution in [0.5, 0.6) is 0 Å². The maximum Gasteiger partial charge on any atom is 0.251 e. The largest absolute Gasteiger partial charge is 0.371 e. The second-order valence-corrected chi connectivity index (χ2v) is 4.27. The van der Waals surface area contributed by atoms with Crippen molar-refractivity contribution in [2.24, 2.45) is 0 Å². The number of rotatable bonds is 2. The molecule has 0 aliphatic carbocycles. The summed E-state index contributed by atoms with van der Waals surface area (Å²) in [7, 11) is 1.66. The quantitative estimate of drug-likeness (QED) is 0.823. The van der Waals surface area contributed by atoms with Gasteiger partial charge >= 0.3 is 0 Å². The van der Waals surface area contributed by atoms with Gasteiger partial charge in [-0.25, -0.2) is 0 Å². The number of carbonyl (C=O) groups is 1. The van der Waals surface area contributed by atoms with Gasteiger partial charge in [-0.2, -0.15) is 0 Å². The number of nitrogens with one attached hydrogen (secondary N) is 1. The van der Waals surface area contributed by atoms with Gasteiger partial charge in [-0.05, 0) is 37.5 Å². The van der Waals surface area contributed by atoms with E-state index in [9.17, 15) is 4.79 Å². The smallest absolute Gasteiger partial charge is 0.251 e. The van der Waals surface area contributed by atoms with Gasteiger partial charge in [0.05, 0.1) is 0 Å². The first-order chi connectivity index (χ1) is 7.72. The molecule has 86 valence electrons. The zero-order valence-electron chi connectivity index (χ0n) is 9.92. The van der Waals surface area contributed by atoms with E-state index in [1.807, 2.05) is 18.2 Å². The summed E-state index contributed by atoms with van der Waals surface area (Å²) in [4.78, 5) is 13.9. The number of hydrogen-bond acceptors (Lipinski definition) is 2.